The standard InChI is InChI=1S/C10H11NO.C7H14N2O2.C7H8N2OS.C6H9N3.C2H6/c1-7-2-3-8-4-5-11-10(12)9(8)6-7;1-5(8)4-6(10-2)7(9)11-3;1-5-4-6-7(9-8-5)10-2-3-11-6;1-4-3-8-5(2)9-6(4)7;1-2/h2-3,6H,4-5H2,1H3,(H,11,12);4H,8-9H2,1-3H3;4H,2-3H2,1H3;3H,1-2H3,(H2,7,8,9);1-2H3/b;5-4-,7-6-;;;. The molecule has 0 unspecified atom stereocenters. The van der Waals surface area contributed by atoms with Crippen molar-refractivity contribution in [3.63, 3.8) is 0 Å². The molecular formula is C32H48N8O4S. The molecule has 0 saturated heterocycles. The largest absolute Gasteiger partial charge is 0.491 e. The summed E-state index contributed by atoms with van der Waals surface area (Å²) in [5.74, 6) is 3.72. The first kappa shape index (κ1) is 38.5. The summed E-state index contributed by atoms with van der Waals surface area (Å²) in [6.07, 6.45) is 4.28. The second-order valence-corrected chi connectivity index (χ2v) is 10.7. The Bertz CT molecular complexity index is 1440. The molecule has 0 fully saturated rings. The van der Waals surface area contributed by atoms with E-state index in [1.807, 2.05) is 59.7 Å². The van der Waals surface area contributed by atoms with Gasteiger partial charge < -0.3 is 36.7 Å². The summed E-state index contributed by atoms with van der Waals surface area (Å²) >= 11 is 1.78. The number of nitrogen functional groups attached to an aromatic ring is 1. The maximum absolute atomic E-state index is 11.3. The zero-order valence-corrected chi connectivity index (χ0v) is 28.7. The molecule has 4 heterocycles. The van der Waals surface area contributed by atoms with Crippen LogP contribution >= 0.6 is 11.8 Å². The molecular weight excluding hydrogens is 592 g/mol. The van der Waals surface area contributed by atoms with E-state index in [1.54, 1.807) is 31.0 Å². The van der Waals surface area contributed by atoms with E-state index >= 15 is 0 Å². The van der Waals surface area contributed by atoms with Crippen molar-refractivity contribution in [3.05, 3.63) is 87.6 Å². The fourth-order valence-electron chi connectivity index (χ4n) is 3.56. The monoisotopic (exact) mass is 640 g/mol. The molecule has 0 atom stereocenters. The molecule has 12 nitrogen and oxygen atoms in total. The molecule has 7 N–H and O–H groups in total. The summed E-state index contributed by atoms with van der Waals surface area (Å²) in [4.78, 5) is 20.3. The molecule has 0 bridgehead atoms. The molecule has 1 amide bonds. The van der Waals surface area contributed by atoms with Crippen molar-refractivity contribution in [1.29, 1.82) is 0 Å². The molecule has 2 aromatic heterocycles. The van der Waals surface area contributed by atoms with Crippen LogP contribution in [0, 0.1) is 27.7 Å². The number of amides is 1. The van der Waals surface area contributed by atoms with Crippen molar-refractivity contribution in [2.24, 2.45) is 11.5 Å². The highest BCUT2D eigenvalue weighted by Crippen LogP contribution is 2.30. The number of ether oxygens (including phenoxy) is 3. The molecule has 2 aliphatic rings. The third-order valence-electron chi connectivity index (χ3n) is 5.79. The van der Waals surface area contributed by atoms with Crippen LogP contribution in [0.3, 0.4) is 0 Å². The van der Waals surface area contributed by atoms with Gasteiger partial charge in [0.25, 0.3) is 5.91 Å². The van der Waals surface area contributed by atoms with E-state index in [-0.39, 0.29) is 11.8 Å². The number of aromatic nitrogens is 4. The van der Waals surface area contributed by atoms with E-state index in [0.717, 1.165) is 58.4 Å². The quantitative estimate of drug-likeness (QED) is 0.232. The third kappa shape index (κ3) is 13.8. The molecule has 0 spiro atoms. The Morgan fingerprint density at radius 1 is 1.07 bits per heavy atom. The normalized spacial score (nSPS) is 13.3. The first-order chi connectivity index (χ1) is 21.4. The van der Waals surface area contributed by atoms with Gasteiger partial charge in [-0.2, -0.15) is 5.10 Å². The molecule has 5 rings (SSSR count). The zero-order valence-electron chi connectivity index (χ0n) is 27.9. The number of carbonyl (C=O) groups excluding carboxylic acids is 1. The lowest BCUT2D eigenvalue weighted by Gasteiger charge is -2.16. The average molecular weight is 641 g/mol. The van der Waals surface area contributed by atoms with E-state index in [1.165, 1.54) is 19.8 Å². The van der Waals surface area contributed by atoms with Crippen LogP contribution in [-0.2, 0) is 15.9 Å². The second kappa shape index (κ2) is 20.4. The number of nitrogens with two attached hydrogens (primary N) is 3. The summed E-state index contributed by atoms with van der Waals surface area (Å²) < 4.78 is 14.9. The number of aryl methyl sites for hydroxylation is 4. The van der Waals surface area contributed by atoms with Crippen LogP contribution in [-0.4, -0.2) is 59.2 Å². The van der Waals surface area contributed by atoms with Crippen molar-refractivity contribution in [3.8, 4) is 5.88 Å². The number of allylic oxidation sites excluding steroid dienone is 2. The topological polar surface area (TPSA) is 186 Å². The lowest BCUT2D eigenvalue weighted by Crippen LogP contribution is -2.31. The van der Waals surface area contributed by atoms with Gasteiger partial charge >= 0.3 is 0 Å². The maximum atomic E-state index is 11.3. The number of thioether (sulfide) groups is 1. The van der Waals surface area contributed by atoms with Crippen LogP contribution in [0.1, 0.15) is 59.3 Å². The predicted octanol–water partition coefficient (Wildman–Crippen LogP) is 4.52. The van der Waals surface area contributed by atoms with E-state index in [4.69, 9.17) is 31.4 Å². The van der Waals surface area contributed by atoms with Crippen LogP contribution in [0.15, 0.2) is 58.8 Å². The Morgan fingerprint density at radius 2 is 1.78 bits per heavy atom. The zero-order chi connectivity index (χ0) is 33.9. The number of hydrogen-bond donors (Lipinski definition) is 4. The first-order valence-electron chi connectivity index (χ1n) is 14.5. The Balaban J connectivity index is 0.000000296. The average Bonchev–Trinajstić information content (AvgIpc) is 3.03. The van der Waals surface area contributed by atoms with Crippen molar-refractivity contribution in [1.82, 2.24) is 25.5 Å². The number of benzene rings is 1. The molecule has 246 valence electrons. The lowest BCUT2D eigenvalue weighted by molar-refractivity contribution is 0.0946. The third-order valence-corrected chi connectivity index (χ3v) is 6.77. The van der Waals surface area contributed by atoms with E-state index in [2.05, 4.69) is 31.5 Å². The van der Waals surface area contributed by atoms with Crippen molar-refractivity contribution in [2.75, 3.05) is 38.9 Å². The van der Waals surface area contributed by atoms with Gasteiger partial charge in [-0.15, -0.1) is 16.9 Å². The highest BCUT2D eigenvalue weighted by Gasteiger charge is 2.15. The van der Waals surface area contributed by atoms with Gasteiger partial charge in [0, 0.05) is 41.4 Å². The maximum Gasteiger partial charge on any atom is 0.251 e. The molecule has 2 aliphatic heterocycles. The smallest absolute Gasteiger partial charge is 0.251 e. The molecule has 45 heavy (non-hydrogen) atoms. The van der Waals surface area contributed by atoms with Crippen LogP contribution in [0.5, 0.6) is 5.88 Å². The summed E-state index contributed by atoms with van der Waals surface area (Å²) in [7, 11) is 2.97. The van der Waals surface area contributed by atoms with E-state index in [0.29, 0.717) is 23.2 Å². The molecule has 13 heteroatoms. The fourth-order valence-corrected chi connectivity index (χ4v) is 4.42. The number of fused-ring (bicyclic) bond motifs is 2. The van der Waals surface area contributed by atoms with Gasteiger partial charge in [0.1, 0.15) is 11.6 Å². The number of carbonyl (C=O) groups is 1. The van der Waals surface area contributed by atoms with E-state index in [9.17, 15) is 4.79 Å². The highest BCUT2D eigenvalue weighted by atomic mass is 32.2. The van der Waals surface area contributed by atoms with Crippen molar-refractivity contribution >= 4 is 23.5 Å². The Morgan fingerprint density at radius 3 is 2.38 bits per heavy atom. The number of nitrogens with one attached hydrogen (secondary N) is 1. The van der Waals surface area contributed by atoms with E-state index < -0.39 is 0 Å². The SMILES string of the molecule is CC.CO/C(N)=C(/C=C(/C)N)OC.Cc1cc2c(nn1)OCCS2.Cc1ccc2c(c1)C(=O)NCC2.Cc1ncc(C)c(N)n1. The number of anilines is 1. The van der Waals surface area contributed by atoms with Gasteiger partial charge in [-0.05, 0) is 58.7 Å². The fraction of sp³-hybridized carbons (Fsp3) is 0.406. The Kier molecular flexibility index (Phi) is 17.5. The number of rotatable bonds is 3. The summed E-state index contributed by atoms with van der Waals surface area (Å²) in [5.41, 5.74) is 21.9. The molecule has 1 aromatic carbocycles. The molecule has 3 aromatic rings. The van der Waals surface area contributed by atoms with Crippen LogP contribution in [0.4, 0.5) is 5.82 Å². The Hall–Kier alpha value is -4.52. The summed E-state index contributed by atoms with van der Waals surface area (Å²) in [6, 6.07) is 8.05. The minimum atomic E-state index is 0.0694. The van der Waals surface area contributed by atoms with Crippen LogP contribution < -0.4 is 27.3 Å². The van der Waals surface area contributed by atoms with Gasteiger partial charge in [0.15, 0.2) is 5.76 Å². The van der Waals surface area contributed by atoms with Crippen LogP contribution in [0.2, 0.25) is 0 Å². The summed E-state index contributed by atoms with van der Waals surface area (Å²) in [5, 5.41) is 10.7. The Labute approximate surface area is 271 Å². The highest BCUT2D eigenvalue weighted by molar-refractivity contribution is 7.99. The minimum Gasteiger partial charge on any atom is -0.491 e. The number of methoxy groups -OCH3 is 2. The number of hydrogen-bond acceptors (Lipinski definition) is 12. The molecule has 0 saturated carbocycles. The second-order valence-electron chi connectivity index (χ2n) is 9.53. The first-order valence-corrected chi connectivity index (χ1v) is 15.5. The molecule has 0 radical (unpaired) electrons. The van der Waals surface area contributed by atoms with Crippen LogP contribution in [0.25, 0.3) is 0 Å². The number of nitrogens with zero attached hydrogens (tertiary/aromatic N) is 4. The van der Waals surface area contributed by atoms with Crippen molar-refractivity contribution < 1.29 is 19.0 Å². The van der Waals surface area contributed by atoms with Gasteiger partial charge in [-0.25, -0.2) is 9.97 Å². The lowest BCUT2D eigenvalue weighted by atomic mass is 9.98. The summed E-state index contributed by atoms with van der Waals surface area (Å²) in [6.45, 7) is 14.9. The minimum absolute atomic E-state index is 0.0694. The van der Waals surface area contributed by atoms with Gasteiger partial charge in [-0.1, -0.05) is 31.5 Å². The van der Waals surface area contributed by atoms with Crippen molar-refractivity contribution in [2.45, 2.75) is 59.8 Å². The predicted molar refractivity (Wildman–Crippen MR) is 181 cm³/mol. The van der Waals surface area contributed by atoms with Gasteiger partial charge in [-0.3, -0.25) is 4.79 Å². The van der Waals surface area contributed by atoms with Gasteiger partial charge in [0.2, 0.25) is 11.8 Å². The molecule has 0 aliphatic carbocycles. The van der Waals surface area contributed by atoms with Gasteiger partial charge in [0.05, 0.1) is 31.4 Å².